The minimum atomic E-state index is -1.35. The molecule has 4 aromatic rings. The van der Waals surface area contributed by atoms with Gasteiger partial charge in [-0.25, -0.2) is 9.37 Å². The summed E-state index contributed by atoms with van der Waals surface area (Å²) in [6.45, 7) is 0.184. The van der Waals surface area contributed by atoms with Crippen LogP contribution in [0.3, 0.4) is 0 Å². The molecule has 0 aliphatic heterocycles. The Hall–Kier alpha value is -4.04. The maximum absolute atomic E-state index is 14.3. The van der Waals surface area contributed by atoms with Gasteiger partial charge in [0.25, 0.3) is 0 Å². The van der Waals surface area contributed by atoms with Gasteiger partial charge in [-0.15, -0.1) is 0 Å². The Morgan fingerprint density at radius 1 is 0.971 bits per heavy atom. The highest BCUT2D eigenvalue weighted by Gasteiger charge is 2.25. The Morgan fingerprint density at radius 3 is 2.53 bits per heavy atom. The minimum absolute atomic E-state index is 0.0581. The Balaban J connectivity index is 1.45. The largest absolute Gasteiger partial charge is 0.383 e. The van der Waals surface area contributed by atoms with Gasteiger partial charge in [-0.1, -0.05) is 48.5 Å². The molecular formula is C26H25FN4O3. The molecule has 0 aliphatic rings. The van der Waals surface area contributed by atoms with Crippen molar-refractivity contribution in [3.05, 3.63) is 102 Å². The molecule has 34 heavy (non-hydrogen) atoms. The second-order valence-corrected chi connectivity index (χ2v) is 8.04. The van der Waals surface area contributed by atoms with E-state index in [1.54, 1.807) is 42.7 Å². The first kappa shape index (κ1) is 23.1. The molecule has 0 fully saturated rings. The molecule has 2 heterocycles. The number of aliphatic hydroxyl groups is 1. The third-order valence-corrected chi connectivity index (χ3v) is 5.51. The fourth-order valence-electron chi connectivity index (χ4n) is 3.69. The van der Waals surface area contributed by atoms with Crippen LogP contribution in [0.25, 0.3) is 11.0 Å². The molecule has 4 N–H and O–H groups in total. The van der Waals surface area contributed by atoms with Crippen molar-refractivity contribution in [2.24, 2.45) is 0 Å². The molecule has 2 amide bonds. The van der Waals surface area contributed by atoms with Gasteiger partial charge in [0.15, 0.2) is 0 Å². The third kappa shape index (κ3) is 5.85. The number of pyridine rings is 1. The van der Waals surface area contributed by atoms with E-state index in [4.69, 9.17) is 0 Å². The second kappa shape index (κ2) is 10.7. The smallest absolute Gasteiger partial charge is 0.249 e. The molecule has 2 aromatic heterocycles. The predicted molar refractivity (Wildman–Crippen MR) is 126 cm³/mol. The number of aromatic amines is 1. The molecular weight excluding hydrogens is 435 g/mol. The predicted octanol–water partition coefficient (Wildman–Crippen LogP) is 2.65. The number of nitrogens with zero attached hydrogens (tertiary/aromatic N) is 1. The van der Waals surface area contributed by atoms with E-state index in [2.05, 4.69) is 20.6 Å². The first-order valence-corrected chi connectivity index (χ1v) is 10.9. The molecule has 2 atom stereocenters. The van der Waals surface area contributed by atoms with Crippen LogP contribution in [0.4, 0.5) is 4.39 Å². The molecule has 7 nitrogen and oxygen atoms in total. The summed E-state index contributed by atoms with van der Waals surface area (Å²) >= 11 is 0. The van der Waals surface area contributed by atoms with Crippen LogP contribution in [0.1, 0.15) is 16.7 Å². The van der Waals surface area contributed by atoms with Gasteiger partial charge < -0.3 is 20.7 Å². The lowest BCUT2D eigenvalue weighted by Gasteiger charge is -2.21. The lowest BCUT2D eigenvalue weighted by atomic mass is 10.0. The average molecular weight is 461 g/mol. The van der Waals surface area contributed by atoms with E-state index >= 15 is 0 Å². The highest BCUT2D eigenvalue weighted by molar-refractivity contribution is 5.89. The molecule has 0 spiro atoms. The molecule has 0 unspecified atom stereocenters. The van der Waals surface area contributed by atoms with Gasteiger partial charge in [-0.3, -0.25) is 9.59 Å². The van der Waals surface area contributed by atoms with Crippen LogP contribution in [0.2, 0.25) is 0 Å². The number of hydrogen-bond donors (Lipinski definition) is 4. The van der Waals surface area contributed by atoms with Crippen molar-refractivity contribution in [3.8, 4) is 0 Å². The Bertz CT molecular complexity index is 1280. The highest BCUT2D eigenvalue weighted by atomic mass is 19.1. The fourth-order valence-corrected chi connectivity index (χ4v) is 3.69. The molecule has 4 rings (SSSR count). The number of rotatable bonds is 9. The summed E-state index contributed by atoms with van der Waals surface area (Å²) in [5.74, 6) is -1.66. The number of fused-ring (bicyclic) bond motifs is 1. The summed E-state index contributed by atoms with van der Waals surface area (Å²) < 4.78 is 14.3. The van der Waals surface area contributed by atoms with E-state index < -0.39 is 29.8 Å². The van der Waals surface area contributed by atoms with Crippen molar-refractivity contribution in [1.82, 2.24) is 20.6 Å². The van der Waals surface area contributed by atoms with Crippen molar-refractivity contribution in [3.63, 3.8) is 0 Å². The normalized spacial score (nSPS) is 12.8. The SMILES string of the molecule is O=C(N[C@@H](Cc1ccccc1F)C(=O)NCc1cnc2[nH]ccc2c1)[C@H](O)Cc1ccccc1. The number of halogens is 1. The van der Waals surface area contributed by atoms with E-state index in [1.807, 2.05) is 30.3 Å². The number of amides is 2. The first-order valence-electron chi connectivity index (χ1n) is 10.9. The topological polar surface area (TPSA) is 107 Å². The molecule has 0 saturated heterocycles. The number of hydrogen-bond acceptors (Lipinski definition) is 4. The maximum atomic E-state index is 14.3. The number of aromatic nitrogens is 2. The number of nitrogens with one attached hydrogen (secondary N) is 3. The molecule has 8 heteroatoms. The van der Waals surface area contributed by atoms with Gasteiger partial charge in [-0.2, -0.15) is 0 Å². The van der Waals surface area contributed by atoms with Crippen LogP contribution < -0.4 is 10.6 Å². The fraction of sp³-hybridized carbons (Fsp3) is 0.192. The van der Waals surface area contributed by atoms with Crippen molar-refractivity contribution in [2.45, 2.75) is 31.5 Å². The lowest BCUT2D eigenvalue weighted by molar-refractivity contribution is -0.134. The quantitative estimate of drug-likeness (QED) is 0.308. The number of aliphatic hydroxyl groups excluding tert-OH is 1. The summed E-state index contributed by atoms with van der Waals surface area (Å²) in [6, 6.07) is 17.9. The van der Waals surface area contributed by atoms with Crippen LogP contribution in [0.5, 0.6) is 0 Å². The molecule has 0 bridgehead atoms. The van der Waals surface area contributed by atoms with Gasteiger partial charge >= 0.3 is 0 Å². The summed E-state index contributed by atoms with van der Waals surface area (Å²) in [5, 5.41) is 16.7. The van der Waals surface area contributed by atoms with E-state index in [9.17, 15) is 19.1 Å². The van der Waals surface area contributed by atoms with Crippen LogP contribution in [0.15, 0.2) is 79.1 Å². The summed E-state index contributed by atoms with van der Waals surface area (Å²) in [4.78, 5) is 33.0. The third-order valence-electron chi connectivity index (χ3n) is 5.51. The Labute approximate surface area is 196 Å². The maximum Gasteiger partial charge on any atom is 0.249 e. The van der Waals surface area contributed by atoms with Gasteiger partial charge in [0.05, 0.1) is 0 Å². The van der Waals surface area contributed by atoms with Gasteiger partial charge in [0.2, 0.25) is 11.8 Å². The number of carbonyl (C=O) groups is 2. The monoisotopic (exact) mass is 460 g/mol. The summed E-state index contributed by atoms with van der Waals surface area (Å²) in [5.41, 5.74) is 2.59. The standard InChI is InChI=1S/C26H25FN4O3/c27-21-9-5-4-8-19(21)14-22(31-26(34)23(32)13-17-6-2-1-3-7-17)25(33)30-16-18-12-20-10-11-28-24(20)29-15-18/h1-12,15,22-23,32H,13-14,16H2,(H,28,29)(H,30,33)(H,31,34)/t22-,23+/m0/s1. The van der Waals surface area contributed by atoms with Crippen LogP contribution in [0, 0.1) is 5.82 Å². The number of H-pyrrole nitrogens is 1. The van der Waals surface area contributed by atoms with Gasteiger partial charge in [0.1, 0.15) is 23.6 Å². The molecule has 0 saturated carbocycles. The van der Waals surface area contributed by atoms with Crippen molar-refractivity contribution >= 4 is 22.8 Å². The average Bonchev–Trinajstić information content (AvgIpc) is 3.32. The van der Waals surface area contributed by atoms with Gasteiger partial charge in [0, 0.05) is 37.2 Å². The highest BCUT2D eigenvalue weighted by Crippen LogP contribution is 2.13. The Morgan fingerprint density at radius 2 is 1.74 bits per heavy atom. The van der Waals surface area contributed by atoms with Crippen molar-refractivity contribution in [1.29, 1.82) is 0 Å². The van der Waals surface area contributed by atoms with E-state index in [-0.39, 0.29) is 24.9 Å². The molecule has 174 valence electrons. The van der Waals surface area contributed by atoms with Crippen molar-refractivity contribution < 1.29 is 19.1 Å². The molecule has 0 radical (unpaired) electrons. The van der Waals surface area contributed by atoms with Gasteiger partial charge in [-0.05, 0) is 34.9 Å². The zero-order valence-electron chi connectivity index (χ0n) is 18.4. The first-order chi connectivity index (χ1) is 16.5. The van der Waals surface area contributed by atoms with Crippen LogP contribution in [-0.4, -0.2) is 39.0 Å². The Kier molecular flexibility index (Phi) is 7.29. The molecule has 0 aliphatic carbocycles. The summed E-state index contributed by atoms with van der Waals surface area (Å²) in [6.07, 6.45) is 2.12. The van der Waals surface area contributed by atoms with Crippen LogP contribution in [-0.2, 0) is 29.0 Å². The summed E-state index contributed by atoms with van der Waals surface area (Å²) in [7, 11) is 0. The van der Waals surface area contributed by atoms with E-state index in [0.717, 1.165) is 22.2 Å². The van der Waals surface area contributed by atoms with E-state index in [0.29, 0.717) is 0 Å². The zero-order valence-corrected chi connectivity index (χ0v) is 18.4. The molecule has 2 aromatic carbocycles. The van der Waals surface area contributed by atoms with Crippen LogP contribution >= 0.6 is 0 Å². The number of benzene rings is 2. The minimum Gasteiger partial charge on any atom is -0.383 e. The lowest BCUT2D eigenvalue weighted by Crippen LogP contribution is -2.51. The number of carbonyl (C=O) groups excluding carboxylic acids is 2. The van der Waals surface area contributed by atoms with Crippen molar-refractivity contribution in [2.75, 3.05) is 0 Å². The second-order valence-electron chi connectivity index (χ2n) is 8.04. The zero-order chi connectivity index (χ0) is 23.9. The van der Waals surface area contributed by atoms with E-state index in [1.165, 1.54) is 6.07 Å².